The van der Waals surface area contributed by atoms with Crippen molar-refractivity contribution in [3.05, 3.63) is 89.5 Å². The van der Waals surface area contributed by atoms with Crippen molar-refractivity contribution in [1.29, 1.82) is 0 Å². The van der Waals surface area contributed by atoms with Gasteiger partial charge >= 0.3 is 0 Å². The number of para-hydroxylation sites is 3. The van der Waals surface area contributed by atoms with Crippen molar-refractivity contribution in [3.8, 4) is 0 Å². The van der Waals surface area contributed by atoms with Gasteiger partial charge in [-0.15, -0.1) is 0 Å². The van der Waals surface area contributed by atoms with E-state index in [9.17, 15) is 14.4 Å². The zero-order chi connectivity index (χ0) is 23.2. The molecule has 0 saturated heterocycles. The number of anilines is 3. The summed E-state index contributed by atoms with van der Waals surface area (Å²) in [5.41, 5.74) is 5.57. The number of hydrogen-bond donors (Lipinski definition) is 0. The second kappa shape index (κ2) is 8.13. The number of fused-ring (bicyclic) bond motifs is 3. The molecule has 3 amide bonds. The molecule has 0 aromatic heterocycles. The number of nitrogens with zero attached hydrogens (tertiary/aromatic N) is 3. The van der Waals surface area contributed by atoms with Gasteiger partial charge in [0.05, 0.1) is 0 Å². The smallest absolute Gasteiger partial charge is 0.249 e. The number of benzene rings is 3. The molecule has 0 aliphatic carbocycles. The molecule has 0 atom stereocenters. The predicted octanol–water partition coefficient (Wildman–Crippen LogP) is 3.37. The van der Waals surface area contributed by atoms with E-state index in [1.807, 2.05) is 72.8 Å². The van der Waals surface area contributed by atoms with Crippen LogP contribution in [0.1, 0.15) is 16.7 Å². The van der Waals surface area contributed by atoms with Gasteiger partial charge in [0.15, 0.2) is 5.92 Å². The Hall–Kier alpha value is -3.93. The van der Waals surface area contributed by atoms with Gasteiger partial charge < -0.3 is 14.7 Å². The van der Waals surface area contributed by atoms with Gasteiger partial charge in [-0.1, -0.05) is 54.6 Å². The van der Waals surface area contributed by atoms with Gasteiger partial charge in [-0.2, -0.15) is 0 Å². The van der Waals surface area contributed by atoms with E-state index in [1.54, 1.807) is 14.7 Å². The van der Waals surface area contributed by atoms with Crippen LogP contribution in [0, 0.1) is 5.92 Å². The van der Waals surface area contributed by atoms with Crippen LogP contribution in [-0.4, -0.2) is 37.4 Å². The zero-order valence-corrected chi connectivity index (χ0v) is 18.8. The summed E-state index contributed by atoms with van der Waals surface area (Å²) >= 11 is 0. The molecular weight excluding hydrogens is 426 g/mol. The first-order chi connectivity index (χ1) is 16.6. The third-order valence-electron chi connectivity index (χ3n) is 7.20. The number of rotatable bonds is 3. The van der Waals surface area contributed by atoms with Crippen LogP contribution in [0.2, 0.25) is 0 Å². The van der Waals surface area contributed by atoms with Crippen LogP contribution >= 0.6 is 0 Å². The molecule has 3 aliphatic heterocycles. The standard InChI is InChI=1S/C28H25N3O3/c32-26(29-16-13-19-7-1-4-10-22(19)29)25(27(33)30-17-14-20-8-2-5-11-23(20)30)28(34)31-18-15-21-9-3-6-12-24(21)31/h1-12,25H,13-18H2. The Balaban J connectivity index is 1.39. The molecule has 0 fully saturated rings. The molecule has 3 aliphatic rings. The Morgan fingerprint density at radius 2 is 0.794 bits per heavy atom. The largest absolute Gasteiger partial charge is 0.311 e. The van der Waals surface area contributed by atoms with Crippen molar-refractivity contribution < 1.29 is 14.4 Å². The van der Waals surface area contributed by atoms with Crippen LogP contribution in [-0.2, 0) is 33.6 Å². The maximum Gasteiger partial charge on any atom is 0.249 e. The van der Waals surface area contributed by atoms with Gasteiger partial charge in [0.1, 0.15) is 0 Å². The molecule has 0 unspecified atom stereocenters. The Morgan fingerprint density at radius 1 is 0.500 bits per heavy atom. The number of carbonyl (C=O) groups excluding carboxylic acids is 3. The predicted molar refractivity (Wildman–Crippen MR) is 131 cm³/mol. The summed E-state index contributed by atoms with van der Waals surface area (Å²) in [6.45, 7) is 1.42. The van der Waals surface area contributed by atoms with Crippen LogP contribution in [0.4, 0.5) is 17.1 Å². The maximum atomic E-state index is 14.0. The molecular formula is C28H25N3O3. The van der Waals surface area contributed by atoms with Gasteiger partial charge in [-0.3, -0.25) is 14.4 Å². The highest BCUT2D eigenvalue weighted by molar-refractivity contribution is 6.28. The Labute approximate surface area is 198 Å². The lowest BCUT2D eigenvalue weighted by Crippen LogP contribution is -2.52. The summed E-state index contributed by atoms with van der Waals surface area (Å²) < 4.78 is 0. The number of carbonyl (C=O) groups is 3. The van der Waals surface area contributed by atoms with Crippen molar-refractivity contribution in [2.24, 2.45) is 5.92 Å². The van der Waals surface area contributed by atoms with Crippen molar-refractivity contribution in [2.45, 2.75) is 19.3 Å². The topological polar surface area (TPSA) is 60.9 Å². The third kappa shape index (κ3) is 3.21. The summed E-state index contributed by atoms with van der Waals surface area (Å²) in [6, 6.07) is 23.2. The fourth-order valence-electron chi connectivity index (χ4n) is 5.49. The van der Waals surface area contributed by atoms with Crippen molar-refractivity contribution >= 4 is 34.8 Å². The van der Waals surface area contributed by atoms with Crippen LogP contribution in [0.5, 0.6) is 0 Å². The summed E-state index contributed by atoms with van der Waals surface area (Å²) in [6.07, 6.45) is 2.16. The highest BCUT2D eigenvalue weighted by Crippen LogP contribution is 2.35. The highest BCUT2D eigenvalue weighted by atomic mass is 16.2. The average molecular weight is 452 g/mol. The monoisotopic (exact) mass is 451 g/mol. The van der Waals surface area contributed by atoms with E-state index >= 15 is 0 Å². The summed E-state index contributed by atoms with van der Waals surface area (Å²) in [4.78, 5) is 46.8. The molecule has 3 heterocycles. The number of amides is 3. The summed E-state index contributed by atoms with van der Waals surface area (Å²) in [5.74, 6) is -2.72. The number of hydrogen-bond acceptors (Lipinski definition) is 3. The highest BCUT2D eigenvalue weighted by Gasteiger charge is 2.46. The van der Waals surface area contributed by atoms with Gasteiger partial charge in [0.2, 0.25) is 17.7 Å². The van der Waals surface area contributed by atoms with Gasteiger partial charge in [-0.25, -0.2) is 0 Å². The molecule has 0 spiro atoms. The maximum absolute atomic E-state index is 14.0. The molecule has 6 heteroatoms. The van der Waals surface area contributed by atoms with Crippen molar-refractivity contribution in [1.82, 2.24) is 0 Å². The summed E-state index contributed by atoms with van der Waals surface area (Å²) in [5, 5.41) is 0. The van der Waals surface area contributed by atoms with Gasteiger partial charge in [0.25, 0.3) is 0 Å². The second-order valence-corrected chi connectivity index (χ2v) is 9.04. The van der Waals surface area contributed by atoms with Crippen molar-refractivity contribution in [2.75, 3.05) is 34.3 Å². The molecule has 6 nitrogen and oxygen atoms in total. The SMILES string of the molecule is O=C(C(C(=O)N1CCc2ccccc21)C(=O)N1CCc2ccccc21)N1CCc2ccccc21. The zero-order valence-electron chi connectivity index (χ0n) is 18.8. The minimum atomic E-state index is -1.41. The van der Waals surface area contributed by atoms with Gasteiger partial charge in [-0.05, 0) is 54.2 Å². The van der Waals surface area contributed by atoms with Crippen LogP contribution < -0.4 is 14.7 Å². The van der Waals surface area contributed by atoms with E-state index in [2.05, 4.69) is 0 Å². The molecule has 0 radical (unpaired) electrons. The lowest BCUT2D eigenvalue weighted by Gasteiger charge is -2.29. The first-order valence-corrected chi connectivity index (χ1v) is 11.8. The fraction of sp³-hybridized carbons (Fsp3) is 0.250. The summed E-state index contributed by atoms with van der Waals surface area (Å²) in [7, 11) is 0. The van der Waals surface area contributed by atoms with Gasteiger partial charge in [0, 0.05) is 36.7 Å². The molecule has 0 N–H and O–H groups in total. The van der Waals surface area contributed by atoms with Crippen LogP contribution in [0.25, 0.3) is 0 Å². The van der Waals surface area contributed by atoms with Crippen LogP contribution in [0.15, 0.2) is 72.8 Å². The molecule has 0 bridgehead atoms. The molecule has 0 saturated carbocycles. The Bertz CT molecular complexity index is 1160. The van der Waals surface area contributed by atoms with E-state index in [4.69, 9.17) is 0 Å². The molecule has 3 aromatic rings. The fourth-order valence-corrected chi connectivity index (χ4v) is 5.49. The minimum absolute atomic E-state index is 0.436. The second-order valence-electron chi connectivity index (χ2n) is 9.04. The average Bonchev–Trinajstić information content (AvgIpc) is 3.60. The molecule has 34 heavy (non-hydrogen) atoms. The molecule has 170 valence electrons. The van der Waals surface area contributed by atoms with Crippen molar-refractivity contribution in [3.63, 3.8) is 0 Å². The Morgan fingerprint density at radius 3 is 1.12 bits per heavy atom. The molecule has 6 rings (SSSR count). The Kier molecular flexibility index (Phi) is 4.94. The van der Waals surface area contributed by atoms with Crippen LogP contribution in [0.3, 0.4) is 0 Å². The lowest BCUT2D eigenvalue weighted by molar-refractivity contribution is -0.139. The quantitative estimate of drug-likeness (QED) is 0.574. The first kappa shape index (κ1) is 20.7. The van der Waals surface area contributed by atoms with E-state index < -0.39 is 23.6 Å². The normalized spacial score (nSPS) is 16.0. The van der Waals surface area contributed by atoms with E-state index in [0.29, 0.717) is 19.6 Å². The third-order valence-corrected chi connectivity index (χ3v) is 7.20. The first-order valence-electron chi connectivity index (χ1n) is 11.8. The van der Waals surface area contributed by atoms with E-state index in [0.717, 1.165) is 53.0 Å². The lowest BCUT2D eigenvalue weighted by atomic mass is 10.0. The van der Waals surface area contributed by atoms with E-state index in [1.165, 1.54) is 0 Å². The minimum Gasteiger partial charge on any atom is -0.311 e. The van der Waals surface area contributed by atoms with E-state index in [-0.39, 0.29) is 0 Å². The molecule has 3 aromatic carbocycles.